The summed E-state index contributed by atoms with van der Waals surface area (Å²) in [6, 6.07) is 5.36. The van der Waals surface area contributed by atoms with Gasteiger partial charge in [-0.2, -0.15) is 0 Å². The molecule has 0 spiro atoms. The van der Waals surface area contributed by atoms with Crippen LogP contribution < -0.4 is 16.2 Å². The molecule has 0 saturated heterocycles. The molecule has 0 saturated carbocycles. The van der Waals surface area contributed by atoms with Gasteiger partial charge in [0.2, 0.25) is 0 Å². The van der Waals surface area contributed by atoms with E-state index < -0.39 is 0 Å². The van der Waals surface area contributed by atoms with Gasteiger partial charge in [-0.3, -0.25) is 9.59 Å². The largest absolute Gasteiger partial charge is 0.383 e. The minimum absolute atomic E-state index is 0.0665. The molecule has 7 heteroatoms. The highest BCUT2D eigenvalue weighted by Gasteiger charge is 2.16. The minimum atomic E-state index is -0.281. The maximum Gasteiger partial charge on any atom is 0.253 e. The molecule has 2 rings (SSSR count). The highest BCUT2D eigenvalue weighted by molar-refractivity contribution is 6.31. The van der Waals surface area contributed by atoms with Crippen LogP contribution in [0.2, 0.25) is 5.02 Å². The number of methoxy groups -OCH3 is 1. The summed E-state index contributed by atoms with van der Waals surface area (Å²) in [6.45, 7) is 8.20. The number of ether oxygens (including phenoxy) is 1. The zero-order valence-electron chi connectivity index (χ0n) is 16.3. The third-order valence-corrected chi connectivity index (χ3v) is 4.57. The number of H-pyrrole nitrogens is 1. The number of carbonyl (C=O) groups is 1. The first-order valence-corrected chi connectivity index (χ1v) is 9.14. The van der Waals surface area contributed by atoms with Crippen molar-refractivity contribution in [3.8, 4) is 0 Å². The Balaban J connectivity index is 2.21. The average molecular weight is 392 g/mol. The zero-order chi connectivity index (χ0) is 20.1. The molecule has 1 aromatic carbocycles. The van der Waals surface area contributed by atoms with Crippen LogP contribution >= 0.6 is 11.6 Å². The maximum atomic E-state index is 12.7. The molecule has 0 bridgehead atoms. The molecule has 3 N–H and O–H groups in total. The van der Waals surface area contributed by atoms with Crippen molar-refractivity contribution in [3.63, 3.8) is 0 Å². The number of hydrogen-bond acceptors (Lipinski definition) is 4. The SMILES string of the molecule is COCC(C)Nc1cc(Cl)cc(C(=O)NCc2c(C)cc(C)[nH]c2=O)c1C. The predicted molar refractivity (Wildman–Crippen MR) is 109 cm³/mol. The van der Waals surface area contributed by atoms with E-state index in [0.29, 0.717) is 22.8 Å². The summed E-state index contributed by atoms with van der Waals surface area (Å²) in [7, 11) is 1.64. The standard InChI is InChI=1S/C20H26ClN3O3/c1-11-6-12(2)24-20(26)17(11)9-22-19(25)16-7-15(21)8-18(14(16)4)23-13(3)10-27-5/h6-8,13,23H,9-10H2,1-5H3,(H,22,25)(H,24,26). The molecule has 27 heavy (non-hydrogen) atoms. The molecule has 1 aromatic heterocycles. The molecular formula is C20H26ClN3O3. The number of anilines is 1. The topological polar surface area (TPSA) is 83.2 Å². The summed E-state index contributed by atoms with van der Waals surface area (Å²) in [5.41, 5.74) is 4.02. The highest BCUT2D eigenvalue weighted by atomic mass is 35.5. The monoisotopic (exact) mass is 391 g/mol. The number of nitrogens with one attached hydrogen (secondary N) is 3. The fraction of sp³-hybridized carbons (Fsp3) is 0.400. The van der Waals surface area contributed by atoms with Gasteiger partial charge in [-0.05, 0) is 57.0 Å². The Morgan fingerprint density at radius 3 is 2.59 bits per heavy atom. The Labute approximate surface area is 164 Å². The molecular weight excluding hydrogens is 366 g/mol. The third-order valence-electron chi connectivity index (χ3n) is 4.36. The molecule has 0 radical (unpaired) electrons. The molecule has 0 aliphatic heterocycles. The van der Waals surface area contributed by atoms with E-state index in [1.807, 2.05) is 33.8 Å². The fourth-order valence-electron chi connectivity index (χ4n) is 2.99. The first-order valence-electron chi connectivity index (χ1n) is 8.76. The van der Waals surface area contributed by atoms with Crippen LogP contribution in [-0.4, -0.2) is 30.6 Å². The van der Waals surface area contributed by atoms with Gasteiger partial charge < -0.3 is 20.4 Å². The van der Waals surface area contributed by atoms with Crippen LogP contribution in [0.25, 0.3) is 0 Å². The van der Waals surface area contributed by atoms with E-state index in [4.69, 9.17) is 16.3 Å². The summed E-state index contributed by atoms with van der Waals surface area (Å²) < 4.78 is 5.13. The first kappa shape index (κ1) is 21.0. The van der Waals surface area contributed by atoms with E-state index >= 15 is 0 Å². The molecule has 0 fully saturated rings. The molecule has 146 valence electrons. The number of benzene rings is 1. The summed E-state index contributed by atoms with van der Waals surface area (Å²) in [5, 5.41) is 6.58. The van der Waals surface area contributed by atoms with E-state index in [1.165, 1.54) is 0 Å². The van der Waals surface area contributed by atoms with Gasteiger partial charge in [-0.25, -0.2) is 0 Å². The van der Waals surface area contributed by atoms with Gasteiger partial charge in [-0.1, -0.05) is 11.6 Å². The molecule has 2 aromatic rings. The van der Waals surface area contributed by atoms with Crippen LogP contribution in [-0.2, 0) is 11.3 Å². The van der Waals surface area contributed by atoms with Gasteiger partial charge in [-0.15, -0.1) is 0 Å². The van der Waals surface area contributed by atoms with Crippen molar-refractivity contribution in [2.75, 3.05) is 19.0 Å². The van der Waals surface area contributed by atoms with Crippen molar-refractivity contribution >= 4 is 23.2 Å². The Hall–Kier alpha value is -2.31. The van der Waals surface area contributed by atoms with E-state index in [0.717, 1.165) is 22.5 Å². The van der Waals surface area contributed by atoms with Crippen LogP contribution in [0.15, 0.2) is 23.0 Å². The van der Waals surface area contributed by atoms with Gasteiger partial charge in [0.05, 0.1) is 6.61 Å². The van der Waals surface area contributed by atoms with Crippen molar-refractivity contribution in [1.82, 2.24) is 10.3 Å². The summed E-state index contributed by atoms with van der Waals surface area (Å²) in [6.07, 6.45) is 0. The first-order chi connectivity index (χ1) is 12.7. The summed E-state index contributed by atoms with van der Waals surface area (Å²) in [5.74, 6) is -0.281. The Morgan fingerprint density at radius 1 is 1.26 bits per heavy atom. The molecule has 1 atom stereocenters. The number of aryl methyl sites for hydroxylation is 2. The molecule has 0 aliphatic carbocycles. The molecule has 6 nitrogen and oxygen atoms in total. The number of rotatable bonds is 7. The maximum absolute atomic E-state index is 12.7. The number of hydrogen-bond donors (Lipinski definition) is 3. The second-order valence-electron chi connectivity index (χ2n) is 6.75. The van der Waals surface area contributed by atoms with E-state index in [1.54, 1.807) is 19.2 Å². The Morgan fingerprint density at radius 2 is 1.96 bits per heavy atom. The van der Waals surface area contributed by atoms with Crippen LogP contribution in [0, 0.1) is 20.8 Å². The third kappa shape index (κ3) is 5.34. The predicted octanol–water partition coefficient (Wildman–Crippen LogP) is 3.33. The Bertz CT molecular complexity index is 893. The van der Waals surface area contributed by atoms with E-state index in [-0.39, 0.29) is 24.1 Å². The van der Waals surface area contributed by atoms with Gasteiger partial charge in [0, 0.05) is 47.2 Å². The summed E-state index contributed by atoms with van der Waals surface area (Å²) in [4.78, 5) is 27.6. The van der Waals surface area contributed by atoms with Crippen LogP contribution in [0.3, 0.4) is 0 Å². The number of aromatic amines is 1. The van der Waals surface area contributed by atoms with Crippen molar-refractivity contribution in [1.29, 1.82) is 0 Å². The van der Waals surface area contributed by atoms with Crippen molar-refractivity contribution in [3.05, 3.63) is 61.5 Å². The van der Waals surface area contributed by atoms with E-state index in [9.17, 15) is 9.59 Å². The average Bonchev–Trinajstić information content (AvgIpc) is 2.56. The number of aromatic nitrogens is 1. The number of carbonyl (C=O) groups excluding carboxylic acids is 1. The lowest BCUT2D eigenvalue weighted by Crippen LogP contribution is -2.29. The zero-order valence-corrected chi connectivity index (χ0v) is 17.1. The lowest BCUT2D eigenvalue weighted by Gasteiger charge is -2.18. The van der Waals surface area contributed by atoms with Crippen LogP contribution in [0.4, 0.5) is 5.69 Å². The normalized spacial score (nSPS) is 11.9. The molecule has 1 unspecified atom stereocenters. The highest BCUT2D eigenvalue weighted by Crippen LogP contribution is 2.25. The minimum Gasteiger partial charge on any atom is -0.383 e. The lowest BCUT2D eigenvalue weighted by molar-refractivity contribution is 0.0950. The molecule has 1 amide bonds. The second kappa shape index (κ2) is 9.06. The number of halogens is 1. The van der Waals surface area contributed by atoms with Crippen LogP contribution in [0.1, 0.15) is 39.7 Å². The van der Waals surface area contributed by atoms with Gasteiger partial charge in [0.25, 0.3) is 11.5 Å². The van der Waals surface area contributed by atoms with Crippen molar-refractivity contribution < 1.29 is 9.53 Å². The Kier molecular flexibility index (Phi) is 7.05. The van der Waals surface area contributed by atoms with Crippen molar-refractivity contribution in [2.24, 2.45) is 0 Å². The van der Waals surface area contributed by atoms with E-state index in [2.05, 4.69) is 15.6 Å². The second-order valence-corrected chi connectivity index (χ2v) is 7.19. The van der Waals surface area contributed by atoms with Crippen molar-refractivity contribution in [2.45, 2.75) is 40.3 Å². The number of amides is 1. The van der Waals surface area contributed by atoms with Gasteiger partial charge in [0.1, 0.15) is 0 Å². The van der Waals surface area contributed by atoms with Gasteiger partial charge >= 0.3 is 0 Å². The van der Waals surface area contributed by atoms with Crippen LogP contribution in [0.5, 0.6) is 0 Å². The molecule has 0 aliphatic rings. The quantitative estimate of drug-likeness (QED) is 0.676. The van der Waals surface area contributed by atoms with Gasteiger partial charge in [0.15, 0.2) is 0 Å². The number of pyridine rings is 1. The summed E-state index contributed by atoms with van der Waals surface area (Å²) >= 11 is 6.21. The lowest BCUT2D eigenvalue weighted by atomic mass is 10.0. The fourth-order valence-corrected chi connectivity index (χ4v) is 3.21. The smallest absolute Gasteiger partial charge is 0.253 e. The molecule has 1 heterocycles.